The van der Waals surface area contributed by atoms with Crippen molar-refractivity contribution in [3.8, 4) is 0 Å². The molecule has 1 fully saturated rings. The summed E-state index contributed by atoms with van der Waals surface area (Å²) in [5.74, 6) is -0.300. The van der Waals surface area contributed by atoms with E-state index in [1.807, 2.05) is 0 Å². The van der Waals surface area contributed by atoms with Crippen LogP contribution in [0.15, 0.2) is 12.7 Å². The Morgan fingerprint density at radius 1 is 1.69 bits per heavy atom. The summed E-state index contributed by atoms with van der Waals surface area (Å²) in [6.45, 7) is 4.76. The Labute approximate surface area is 77.9 Å². The number of hydrogen-bond acceptors (Lipinski definition) is 3. The topological polar surface area (TPSA) is 50.9 Å². The molecule has 0 aromatic heterocycles. The van der Waals surface area contributed by atoms with E-state index in [4.69, 9.17) is 9.57 Å². The highest BCUT2D eigenvalue weighted by atomic mass is 16.6. The van der Waals surface area contributed by atoms with Gasteiger partial charge in [-0.3, -0.25) is 9.63 Å². The van der Waals surface area contributed by atoms with Gasteiger partial charge in [-0.05, 0) is 25.3 Å². The van der Waals surface area contributed by atoms with Crippen molar-refractivity contribution < 1.29 is 14.4 Å². The first kappa shape index (κ1) is 10.2. The van der Waals surface area contributed by atoms with Crippen molar-refractivity contribution in [1.82, 2.24) is 5.48 Å². The number of epoxide rings is 1. The van der Waals surface area contributed by atoms with E-state index in [0.717, 1.165) is 25.9 Å². The lowest BCUT2D eigenvalue weighted by Gasteiger charge is -2.02. The monoisotopic (exact) mass is 185 g/mol. The maximum atomic E-state index is 10.6. The van der Waals surface area contributed by atoms with Gasteiger partial charge in [-0.2, -0.15) is 0 Å². The van der Waals surface area contributed by atoms with E-state index in [1.165, 1.54) is 6.08 Å². The van der Waals surface area contributed by atoms with Gasteiger partial charge >= 0.3 is 0 Å². The van der Waals surface area contributed by atoms with Gasteiger partial charge < -0.3 is 4.74 Å². The molecule has 1 saturated heterocycles. The summed E-state index contributed by atoms with van der Waals surface area (Å²) in [6, 6.07) is 0. The third kappa shape index (κ3) is 5.38. The zero-order chi connectivity index (χ0) is 9.52. The van der Waals surface area contributed by atoms with Crippen LogP contribution >= 0.6 is 0 Å². The SMILES string of the molecule is C=CC(=O)NOCCCCC1CO1. The van der Waals surface area contributed by atoms with E-state index in [-0.39, 0.29) is 5.91 Å². The molecule has 13 heavy (non-hydrogen) atoms. The summed E-state index contributed by atoms with van der Waals surface area (Å²) >= 11 is 0. The molecule has 0 radical (unpaired) electrons. The van der Waals surface area contributed by atoms with Crippen molar-refractivity contribution >= 4 is 5.91 Å². The summed E-state index contributed by atoms with van der Waals surface area (Å²) < 4.78 is 5.05. The zero-order valence-electron chi connectivity index (χ0n) is 7.62. The van der Waals surface area contributed by atoms with Crippen LogP contribution in [0, 0.1) is 0 Å². The molecule has 0 saturated carbocycles. The molecule has 1 aliphatic heterocycles. The second kappa shape index (κ2) is 5.72. The lowest BCUT2D eigenvalue weighted by Crippen LogP contribution is -2.21. The maximum Gasteiger partial charge on any atom is 0.266 e. The summed E-state index contributed by atoms with van der Waals surface area (Å²) in [6.07, 6.45) is 4.78. The van der Waals surface area contributed by atoms with Crippen LogP contribution in [0.2, 0.25) is 0 Å². The number of rotatable bonds is 7. The summed E-state index contributed by atoms with van der Waals surface area (Å²) in [7, 11) is 0. The van der Waals surface area contributed by atoms with Crippen molar-refractivity contribution in [2.45, 2.75) is 25.4 Å². The van der Waals surface area contributed by atoms with Gasteiger partial charge in [0, 0.05) is 0 Å². The highest BCUT2D eigenvalue weighted by Gasteiger charge is 2.20. The molecule has 1 amide bonds. The van der Waals surface area contributed by atoms with E-state index in [1.54, 1.807) is 0 Å². The van der Waals surface area contributed by atoms with Gasteiger partial charge in [0.2, 0.25) is 0 Å². The highest BCUT2D eigenvalue weighted by Crippen LogP contribution is 2.16. The molecule has 0 aromatic rings. The quantitative estimate of drug-likeness (QED) is 0.276. The number of unbranched alkanes of at least 4 members (excludes halogenated alkanes) is 1. The van der Waals surface area contributed by atoms with Crippen molar-refractivity contribution in [3.05, 3.63) is 12.7 Å². The first-order chi connectivity index (χ1) is 6.33. The maximum absolute atomic E-state index is 10.6. The number of nitrogens with one attached hydrogen (secondary N) is 1. The Balaban J connectivity index is 1.77. The third-order valence-electron chi connectivity index (χ3n) is 1.78. The van der Waals surface area contributed by atoms with Crippen molar-refractivity contribution in [3.63, 3.8) is 0 Å². The molecule has 0 spiro atoms. The predicted molar refractivity (Wildman–Crippen MR) is 47.9 cm³/mol. The average molecular weight is 185 g/mol. The average Bonchev–Trinajstić information content (AvgIpc) is 2.94. The Morgan fingerprint density at radius 2 is 2.46 bits per heavy atom. The predicted octanol–water partition coefficient (Wildman–Crippen LogP) is 0.789. The summed E-state index contributed by atoms with van der Waals surface area (Å²) in [5.41, 5.74) is 2.25. The number of carbonyl (C=O) groups excluding carboxylic acids is 1. The minimum atomic E-state index is -0.300. The molecular formula is C9H15NO3. The number of hydrogen-bond donors (Lipinski definition) is 1. The van der Waals surface area contributed by atoms with Crippen LogP contribution in [0.3, 0.4) is 0 Å². The lowest BCUT2D eigenvalue weighted by molar-refractivity contribution is -0.128. The van der Waals surface area contributed by atoms with Crippen molar-refractivity contribution in [2.75, 3.05) is 13.2 Å². The van der Waals surface area contributed by atoms with Crippen molar-refractivity contribution in [2.24, 2.45) is 0 Å². The van der Waals surface area contributed by atoms with Crippen LogP contribution in [0.1, 0.15) is 19.3 Å². The van der Waals surface area contributed by atoms with Gasteiger partial charge in [0.1, 0.15) is 0 Å². The molecule has 0 bridgehead atoms. The van der Waals surface area contributed by atoms with Crippen LogP contribution in [-0.2, 0) is 14.4 Å². The number of amides is 1. The third-order valence-corrected chi connectivity index (χ3v) is 1.78. The van der Waals surface area contributed by atoms with Crippen LogP contribution in [0.25, 0.3) is 0 Å². The standard InChI is InChI=1S/C9H15NO3/c1-2-9(11)10-13-6-4-3-5-8-7-12-8/h2,8H,1,3-7H2,(H,10,11). The molecule has 1 unspecified atom stereocenters. The van der Waals surface area contributed by atoms with Gasteiger partial charge in [0.05, 0.1) is 19.3 Å². The molecule has 0 aromatic carbocycles. The molecular weight excluding hydrogens is 170 g/mol. The van der Waals surface area contributed by atoms with Gasteiger partial charge in [-0.1, -0.05) is 6.58 Å². The van der Waals surface area contributed by atoms with Crippen LogP contribution in [0.5, 0.6) is 0 Å². The molecule has 1 heterocycles. The molecule has 1 aliphatic rings. The summed E-state index contributed by atoms with van der Waals surface area (Å²) in [4.78, 5) is 15.5. The summed E-state index contributed by atoms with van der Waals surface area (Å²) in [5, 5.41) is 0. The number of hydroxylamine groups is 1. The van der Waals surface area contributed by atoms with E-state index in [2.05, 4.69) is 12.1 Å². The normalized spacial score (nSPS) is 19.5. The Bertz CT molecular complexity index is 178. The first-order valence-corrected chi connectivity index (χ1v) is 4.48. The minimum Gasteiger partial charge on any atom is -0.373 e. The lowest BCUT2D eigenvalue weighted by atomic mass is 10.2. The largest absolute Gasteiger partial charge is 0.373 e. The van der Waals surface area contributed by atoms with E-state index in [0.29, 0.717) is 12.7 Å². The number of carbonyl (C=O) groups is 1. The second-order valence-electron chi connectivity index (χ2n) is 2.97. The fourth-order valence-electron chi connectivity index (χ4n) is 0.945. The minimum absolute atomic E-state index is 0.300. The Morgan fingerprint density at radius 3 is 3.08 bits per heavy atom. The van der Waals surface area contributed by atoms with Crippen molar-refractivity contribution in [1.29, 1.82) is 0 Å². The number of ether oxygens (including phenoxy) is 1. The van der Waals surface area contributed by atoms with Crippen LogP contribution in [-0.4, -0.2) is 25.2 Å². The van der Waals surface area contributed by atoms with Crippen LogP contribution < -0.4 is 5.48 Å². The molecule has 1 N–H and O–H groups in total. The van der Waals surface area contributed by atoms with Gasteiger partial charge in [0.25, 0.3) is 5.91 Å². The Kier molecular flexibility index (Phi) is 4.49. The van der Waals surface area contributed by atoms with E-state index < -0.39 is 0 Å². The second-order valence-corrected chi connectivity index (χ2v) is 2.97. The van der Waals surface area contributed by atoms with Gasteiger partial charge in [-0.25, -0.2) is 5.48 Å². The molecule has 1 atom stereocenters. The fourth-order valence-corrected chi connectivity index (χ4v) is 0.945. The smallest absolute Gasteiger partial charge is 0.266 e. The first-order valence-electron chi connectivity index (χ1n) is 4.48. The molecule has 74 valence electrons. The van der Waals surface area contributed by atoms with E-state index >= 15 is 0 Å². The van der Waals surface area contributed by atoms with Gasteiger partial charge in [-0.15, -0.1) is 0 Å². The molecule has 4 heteroatoms. The zero-order valence-corrected chi connectivity index (χ0v) is 7.62. The van der Waals surface area contributed by atoms with E-state index in [9.17, 15) is 4.79 Å². The highest BCUT2D eigenvalue weighted by molar-refractivity contribution is 5.85. The Hall–Kier alpha value is -0.870. The fraction of sp³-hybridized carbons (Fsp3) is 0.667. The van der Waals surface area contributed by atoms with Gasteiger partial charge in [0.15, 0.2) is 0 Å². The molecule has 1 rings (SSSR count). The van der Waals surface area contributed by atoms with Crippen LogP contribution in [0.4, 0.5) is 0 Å². The molecule has 4 nitrogen and oxygen atoms in total. The molecule has 0 aliphatic carbocycles.